The molecule has 0 saturated carbocycles. The zero-order valence-electron chi connectivity index (χ0n) is 20.3. The zero-order valence-corrected chi connectivity index (χ0v) is 20.3. The molecule has 174 valence electrons. The van der Waals surface area contributed by atoms with Crippen molar-refractivity contribution >= 4 is 28.8 Å². The standard InChI is InChI=1S/C28H28N2O4/c1-16-9-17(2)11-22(10-16)30-27(31)25(20-8-7-18(3)19(4)12-20)26(28(30)32)29-21-13-23(33-5)15-24(14-21)34-6/h7-15,29H,1-6H3. The van der Waals surface area contributed by atoms with Gasteiger partial charge in [-0.25, -0.2) is 4.90 Å². The first-order valence-corrected chi connectivity index (χ1v) is 11.0. The first kappa shape index (κ1) is 23.1. The highest BCUT2D eigenvalue weighted by Crippen LogP contribution is 2.36. The number of rotatable bonds is 6. The van der Waals surface area contributed by atoms with Gasteiger partial charge in [0.05, 0.1) is 25.5 Å². The Morgan fingerprint density at radius 1 is 0.706 bits per heavy atom. The molecule has 0 fully saturated rings. The monoisotopic (exact) mass is 456 g/mol. The van der Waals surface area contributed by atoms with Crippen molar-refractivity contribution in [1.29, 1.82) is 0 Å². The Kier molecular flexibility index (Phi) is 6.16. The molecule has 0 spiro atoms. The largest absolute Gasteiger partial charge is 0.497 e. The second-order valence-corrected chi connectivity index (χ2v) is 8.57. The Morgan fingerprint density at radius 3 is 1.88 bits per heavy atom. The predicted octanol–water partition coefficient (Wildman–Crippen LogP) is 5.33. The maximum atomic E-state index is 13.7. The molecule has 0 radical (unpaired) electrons. The quantitative estimate of drug-likeness (QED) is 0.508. The van der Waals surface area contributed by atoms with Crippen LogP contribution in [-0.2, 0) is 9.59 Å². The van der Waals surface area contributed by atoms with Gasteiger partial charge < -0.3 is 14.8 Å². The lowest BCUT2D eigenvalue weighted by Gasteiger charge is -2.17. The maximum absolute atomic E-state index is 13.7. The number of carbonyl (C=O) groups excluding carboxylic acids is 2. The summed E-state index contributed by atoms with van der Waals surface area (Å²) < 4.78 is 10.7. The lowest BCUT2D eigenvalue weighted by Crippen LogP contribution is -2.32. The molecule has 3 aromatic rings. The molecule has 6 heteroatoms. The highest BCUT2D eigenvalue weighted by Gasteiger charge is 2.40. The third-order valence-corrected chi connectivity index (χ3v) is 5.96. The molecular weight excluding hydrogens is 428 g/mol. The molecule has 6 nitrogen and oxygen atoms in total. The number of carbonyl (C=O) groups is 2. The smallest absolute Gasteiger partial charge is 0.282 e. The van der Waals surface area contributed by atoms with Crippen LogP contribution in [0.3, 0.4) is 0 Å². The van der Waals surface area contributed by atoms with Crippen molar-refractivity contribution in [3.8, 4) is 11.5 Å². The van der Waals surface area contributed by atoms with E-state index in [9.17, 15) is 9.59 Å². The van der Waals surface area contributed by atoms with E-state index < -0.39 is 5.91 Å². The molecule has 0 aromatic heterocycles. The van der Waals surface area contributed by atoms with Gasteiger partial charge in [0.25, 0.3) is 11.8 Å². The molecule has 1 N–H and O–H groups in total. The van der Waals surface area contributed by atoms with E-state index in [4.69, 9.17) is 9.47 Å². The summed E-state index contributed by atoms with van der Waals surface area (Å²) in [6, 6.07) is 16.7. The first-order valence-electron chi connectivity index (χ1n) is 11.0. The van der Waals surface area contributed by atoms with Crippen LogP contribution in [0.4, 0.5) is 11.4 Å². The Morgan fingerprint density at radius 2 is 1.32 bits per heavy atom. The van der Waals surface area contributed by atoms with Gasteiger partial charge >= 0.3 is 0 Å². The zero-order chi connectivity index (χ0) is 24.6. The number of methoxy groups -OCH3 is 2. The lowest BCUT2D eigenvalue weighted by atomic mass is 9.99. The number of anilines is 2. The summed E-state index contributed by atoms with van der Waals surface area (Å²) >= 11 is 0. The van der Waals surface area contributed by atoms with E-state index in [1.165, 1.54) is 4.90 Å². The average Bonchev–Trinajstić information content (AvgIpc) is 3.04. The van der Waals surface area contributed by atoms with E-state index in [2.05, 4.69) is 5.32 Å². The van der Waals surface area contributed by atoms with Gasteiger partial charge in [0.15, 0.2) is 0 Å². The highest BCUT2D eigenvalue weighted by molar-refractivity contribution is 6.46. The second kappa shape index (κ2) is 9.06. The molecule has 0 atom stereocenters. The molecular formula is C28H28N2O4. The van der Waals surface area contributed by atoms with Gasteiger partial charge in [-0.2, -0.15) is 0 Å². The van der Waals surface area contributed by atoms with Crippen LogP contribution in [0.1, 0.15) is 27.8 Å². The van der Waals surface area contributed by atoms with Crippen LogP contribution in [0.25, 0.3) is 5.57 Å². The fourth-order valence-corrected chi connectivity index (χ4v) is 4.15. The third-order valence-electron chi connectivity index (χ3n) is 5.96. The summed E-state index contributed by atoms with van der Waals surface area (Å²) in [5.41, 5.74) is 6.45. The van der Waals surface area contributed by atoms with Crippen molar-refractivity contribution in [3.63, 3.8) is 0 Å². The molecule has 3 aromatic carbocycles. The molecule has 1 heterocycles. The lowest BCUT2D eigenvalue weighted by molar-refractivity contribution is -0.120. The Hall–Kier alpha value is -4.06. The molecule has 2 amide bonds. The van der Waals surface area contributed by atoms with E-state index in [1.54, 1.807) is 32.4 Å². The van der Waals surface area contributed by atoms with Gasteiger partial charge in [0, 0.05) is 23.9 Å². The predicted molar refractivity (Wildman–Crippen MR) is 134 cm³/mol. The molecule has 1 aliphatic rings. The Bertz CT molecular complexity index is 1300. The van der Waals surface area contributed by atoms with Crippen molar-refractivity contribution in [2.24, 2.45) is 0 Å². The number of amides is 2. The van der Waals surface area contributed by atoms with Gasteiger partial charge in [-0.3, -0.25) is 9.59 Å². The molecule has 4 rings (SSSR count). The van der Waals surface area contributed by atoms with Crippen LogP contribution in [-0.4, -0.2) is 26.0 Å². The van der Waals surface area contributed by atoms with Gasteiger partial charge in [-0.1, -0.05) is 24.3 Å². The van der Waals surface area contributed by atoms with Gasteiger partial charge in [0.1, 0.15) is 17.2 Å². The van der Waals surface area contributed by atoms with Crippen LogP contribution >= 0.6 is 0 Å². The molecule has 0 aliphatic carbocycles. The normalized spacial score (nSPS) is 13.5. The number of hydrogen-bond acceptors (Lipinski definition) is 5. The number of imide groups is 1. The number of aryl methyl sites for hydroxylation is 4. The van der Waals surface area contributed by atoms with Crippen molar-refractivity contribution in [1.82, 2.24) is 0 Å². The van der Waals surface area contributed by atoms with E-state index in [1.807, 2.05) is 64.1 Å². The minimum absolute atomic E-state index is 0.211. The van der Waals surface area contributed by atoms with Gasteiger partial charge in [-0.15, -0.1) is 0 Å². The molecule has 0 saturated heterocycles. The van der Waals surface area contributed by atoms with E-state index in [0.717, 1.165) is 22.3 Å². The van der Waals surface area contributed by atoms with E-state index in [-0.39, 0.29) is 11.6 Å². The van der Waals surface area contributed by atoms with Crippen molar-refractivity contribution < 1.29 is 19.1 Å². The minimum Gasteiger partial charge on any atom is -0.497 e. The summed E-state index contributed by atoms with van der Waals surface area (Å²) in [5, 5.41) is 3.19. The molecule has 0 bridgehead atoms. The van der Waals surface area contributed by atoms with Crippen LogP contribution in [0, 0.1) is 27.7 Å². The van der Waals surface area contributed by atoms with Crippen molar-refractivity contribution in [3.05, 3.63) is 88.1 Å². The molecule has 1 aliphatic heterocycles. The van der Waals surface area contributed by atoms with Crippen LogP contribution in [0.15, 0.2) is 60.3 Å². The number of ether oxygens (including phenoxy) is 2. The minimum atomic E-state index is -0.412. The number of nitrogens with one attached hydrogen (secondary N) is 1. The van der Waals surface area contributed by atoms with Gasteiger partial charge in [0.2, 0.25) is 0 Å². The topological polar surface area (TPSA) is 67.9 Å². The SMILES string of the molecule is COc1cc(NC2=C(c3ccc(C)c(C)c3)C(=O)N(c3cc(C)cc(C)c3)C2=O)cc(OC)c1. The number of benzene rings is 3. The van der Waals surface area contributed by atoms with Crippen LogP contribution < -0.4 is 19.7 Å². The Labute approximate surface area is 199 Å². The number of hydrogen-bond donors (Lipinski definition) is 1. The summed E-state index contributed by atoms with van der Waals surface area (Å²) in [6.45, 7) is 7.89. The van der Waals surface area contributed by atoms with Crippen molar-refractivity contribution in [2.75, 3.05) is 24.4 Å². The van der Waals surface area contributed by atoms with Gasteiger partial charge in [-0.05, 0) is 67.6 Å². The van der Waals surface area contributed by atoms with E-state index in [0.29, 0.717) is 34.0 Å². The first-order chi connectivity index (χ1) is 16.2. The Balaban J connectivity index is 1.87. The fourth-order valence-electron chi connectivity index (χ4n) is 4.15. The maximum Gasteiger partial charge on any atom is 0.282 e. The summed E-state index contributed by atoms with van der Waals surface area (Å²) in [5.74, 6) is 0.358. The second-order valence-electron chi connectivity index (χ2n) is 8.57. The third kappa shape index (κ3) is 4.27. The fraction of sp³-hybridized carbons (Fsp3) is 0.214. The number of nitrogens with zero attached hydrogens (tertiary/aromatic N) is 1. The average molecular weight is 457 g/mol. The van der Waals surface area contributed by atoms with Crippen LogP contribution in [0.5, 0.6) is 11.5 Å². The highest BCUT2D eigenvalue weighted by atomic mass is 16.5. The molecule has 0 unspecified atom stereocenters. The molecule has 34 heavy (non-hydrogen) atoms. The van der Waals surface area contributed by atoms with Crippen LogP contribution in [0.2, 0.25) is 0 Å². The summed E-state index contributed by atoms with van der Waals surface area (Å²) in [6.07, 6.45) is 0. The summed E-state index contributed by atoms with van der Waals surface area (Å²) in [7, 11) is 3.12. The van der Waals surface area contributed by atoms with Crippen molar-refractivity contribution in [2.45, 2.75) is 27.7 Å². The van der Waals surface area contributed by atoms with E-state index >= 15 is 0 Å². The summed E-state index contributed by atoms with van der Waals surface area (Å²) in [4.78, 5) is 28.7.